The molecule has 2 N–H and O–H groups in total. The van der Waals surface area contributed by atoms with Crippen LogP contribution >= 0.6 is 15.9 Å². The van der Waals surface area contributed by atoms with Crippen LogP contribution < -0.4 is 5.14 Å². The van der Waals surface area contributed by atoms with Gasteiger partial charge in [-0.05, 0) is 35.0 Å². The van der Waals surface area contributed by atoms with E-state index >= 15 is 0 Å². The van der Waals surface area contributed by atoms with E-state index in [2.05, 4.69) is 15.9 Å². The lowest BCUT2D eigenvalue weighted by Crippen LogP contribution is -2.21. The summed E-state index contributed by atoms with van der Waals surface area (Å²) in [5.74, 6) is -1.80. The fraction of sp³-hybridized carbons (Fsp3) is 0.364. The molecule has 112 valence electrons. The SMILES string of the molecule is COCC(C)OC(=O)c1cc(F)cc(S(N)(=O)=O)c1Br. The minimum absolute atomic E-state index is 0.143. The normalized spacial score (nSPS) is 13.1. The number of halogens is 2. The van der Waals surface area contributed by atoms with Gasteiger partial charge in [-0.25, -0.2) is 22.7 Å². The predicted octanol–water partition coefficient (Wildman–Crippen LogP) is 1.43. The highest BCUT2D eigenvalue weighted by atomic mass is 79.9. The number of nitrogens with two attached hydrogens (primary N) is 1. The Morgan fingerprint density at radius 3 is 2.60 bits per heavy atom. The molecule has 20 heavy (non-hydrogen) atoms. The molecule has 0 aliphatic carbocycles. The molecule has 0 heterocycles. The first-order valence-electron chi connectivity index (χ1n) is 5.38. The van der Waals surface area contributed by atoms with Crippen molar-refractivity contribution in [3.8, 4) is 0 Å². The zero-order valence-electron chi connectivity index (χ0n) is 10.7. The van der Waals surface area contributed by atoms with Crippen molar-refractivity contribution in [3.63, 3.8) is 0 Å². The van der Waals surface area contributed by atoms with E-state index in [-0.39, 0.29) is 16.6 Å². The molecule has 0 aliphatic rings. The summed E-state index contributed by atoms with van der Waals surface area (Å²) < 4.78 is 45.7. The third-order valence-corrected chi connectivity index (χ3v) is 4.29. The summed E-state index contributed by atoms with van der Waals surface area (Å²) in [6, 6.07) is 1.58. The summed E-state index contributed by atoms with van der Waals surface area (Å²) in [6.45, 7) is 1.73. The number of esters is 1. The lowest BCUT2D eigenvalue weighted by molar-refractivity contribution is 0.0118. The maximum atomic E-state index is 13.4. The topological polar surface area (TPSA) is 95.7 Å². The molecule has 0 saturated heterocycles. The highest BCUT2D eigenvalue weighted by Crippen LogP contribution is 2.27. The lowest BCUT2D eigenvalue weighted by Gasteiger charge is -2.14. The van der Waals surface area contributed by atoms with Crippen molar-refractivity contribution in [1.82, 2.24) is 0 Å². The number of rotatable bonds is 5. The Bertz CT molecular complexity index is 619. The molecule has 0 spiro atoms. The van der Waals surface area contributed by atoms with E-state index in [1.165, 1.54) is 7.11 Å². The summed E-state index contributed by atoms with van der Waals surface area (Å²) in [5, 5.41) is 4.95. The fourth-order valence-corrected chi connectivity index (χ4v) is 3.14. The van der Waals surface area contributed by atoms with E-state index in [4.69, 9.17) is 14.6 Å². The van der Waals surface area contributed by atoms with Crippen molar-refractivity contribution in [2.24, 2.45) is 5.14 Å². The van der Waals surface area contributed by atoms with Crippen molar-refractivity contribution < 1.29 is 27.1 Å². The Morgan fingerprint density at radius 2 is 2.10 bits per heavy atom. The number of hydrogen-bond acceptors (Lipinski definition) is 5. The molecule has 1 aromatic rings. The summed E-state index contributed by atoms with van der Waals surface area (Å²) in [4.78, 5) is 11.3. The van der Waals surface area contributed by atoms with Gasteiger partial charge < -0.3 is 9.47 Å². The van der Waals surface area contributed by atoms with Gasteiger partial charge in [-0.15, -0.1) is 0 Å². The first-order valence-corrected chi connectivity index (χ1v) is 7.72. The summed E-state index contributed by atoms with van der Waals surface area (Å²) in [6.07, 6.45) is -0.569. The van der Waals surface area contributed by atoms with Gasteiger partial charge in [0.05, 0.1) is 21.5 Å². The third kappa shape index (κ3) is 4.23. The molecule has 0 aromatic heterocycles. The van der Waals surface area contributed by atoms with E-state index in [1.54, 1.807) is 6.92 Å². The number of carbonyl (C=O) groups is 1. The van der Waals surface area contributed by atoms with Crippen LogP contribution in [0.15, 0.2) is 21.5 Å². The molecule has 0 aliphatic heterocycles. The van der Waals surface area contributed by atoms with Crippen LogP contribution in [0.25, 0.3) is 0 Å². The molecule has 0 bridgehead atoms. The number of primary sulfonamides is 1. The number of sulfonamides is 1. The van der Waals surface area contributed by atoms with Crippen LogP contribution in [-0.4, -0.2) is 34.2 Å². The molecule has 9 heteroatoms. The van der Waals surface area contributed by atoms with Gasteiger partial charge in [-0.1, -0.05) is 0 Å². The van der Waals surface area contributed by atoms with E-state index in [0.717, 1.165) is 12.1 Å². The largest absolute Gasteiger partial charge is 0.457 e. The van der Waals surface area contributed by atoms with E-state index in [0.29, 0.717) is 0 Å². The average Bonchev–Trinajstić information content (AvgIpc) is 2.30. The Morgan fingerprint density at radius 1 is 1.50 bits per heavy atom. The Labute approximate surface area is 124 Å². The van der Waals surface area contributed by atoms with Gasteiger partial charge in [-0.2, -0.15) is 0 Å². The summed E-state index contributed by atoms with van der Waals surface area (Å²) in [5.41, 5.74) is -0.267. The van der Waals surface area contributed by atoms with Gasteiger partial charge >= 0.3 is 5.97 Å². The molecule has 0 saturated carbocycles. The first-order chi connectivity index (χ1) is 9.16. The average molecular weight is 370 g/mol. The van der Waals surface area contributed by atoms with Crippen molar-refractivity contribution in [1.29, 1.82) is 0 Å². The second kappa shape index (κ2) is 6.61. The molecule has 0 radical (unpaired) electrons. The van der Waals surface area contributed by atoms with Gasteiger partial charge in [0.1, 0.15) is 11.9 Å². The quantitative estimate of drug-likeness (QED) is 0.791. The maximum absolute atomic E-state index is 13.4. The summed E-state index contributed by atoms with van der Waals surface area (Å²) >= 11 is 2.92. The molecular weight excluding hydrogens is 357 g/mol. The van der Waals surface area contributed by atoms with E-state index < -0.39 is 32.8 Å². The van der Waals surface area contributed by atoms with E-state index in [9.17, 15) is 17.6 Å². The molecule has 6 nitrogen and oxygen atoms in total. The van der Waals surface area contributed by atoms with Gasteiger partial charge in [0, 0.05) is 7.11 Å². The van der Waals surface area contributed by atoms with Gasteiger partial charge in [0.2, 0.25) is 10.0 Å². The zero-order valence-corrected chi connectivity index (χ0v) is 13.1. The van der Waals surface area contributed by atoms with Gasteiger partial charge in [-0.3, -0.25) is 0 Å². The lowest BCUT2D eigenvalue weighted by atomic mass is 10.2. The number of benzene rings is 1. The monoisotopic (exact) mass is 369 g/mol. The zero-order chi connectivity index (χ0) is 15.5. The van der Waals surface area contributed by atoms with Crippen LogP contribution in [0.1, 0.15) is 17.3 Å². The predicted molar refractivity (Wildman–Crippen MR) is 72.2 cm³/mol. The highest BCUT2D eigenvalue weighted by molar-refractivity contribution is 9.10. The van der Waals surface area contributed by atoms with Crippen molar-refractivity contribution in [2.75, 3.05) is 13.7 Å². The Balaban J connectivity index is 3.19. The van der Waals surface area contributed by atoms with Crippen LogP contribution in [0.4, 0.5) is 4.39 Å². The number of carbonyl (C=O) groups excluding carboxylic acids is 1. The standard InChI is InChI=1S/C11H13BrFNO5S/c1-6(5-18-2)19-11(15)8-3-7(13)4-9(10(8)12)20(14,16)17/h3-4,6H,5H2,1-2H3,(H2,14,16,17). The van der Waals surface area contributed by atoms with E-state index in [1.807, 2.05) is 0 Å². The summed E-state index contributed by atoms with van der Waals surface area (Å²) in [7, 11) is -2.74. The smallest absolute Gasteiger partial charge is 0.339 e. The molecule has 0 amide bonds. The molecular formula is C11H13BrFNO5S. The Kier molecular flexibility index (Phi) is 5.63. The van der Waals surface area contributed by atoms with Crippen LogP contribution in [0, 0.1) is 5.82 Å². The van der Waals surface area contributed by atoms with Crippen molar-refractivity contribution in [2.45, 2.75) is 17.9 Å². The second-order valence-electron chi connectivity index (χ2n) is 3.98. The number of methoxy groups -OCH3 is 1. The van der Waals surface area contributed by atoms with Crippen LogP contribution in [0.3, 0.4) is 0 Å². The minimum Gasteiger partial charge on any atom is -0.457 e. The maximum Gasteiger partial charge on any atom is 0.339 e. The first kappa shape index (κ1) is 17.0. The van der Waals surface area contributed by atoms with Gasteiger partial charge in [0.15, 0.2) is 0 Å². The molecule has 1 aromatic carbocycles. The molecule has 1 unspecified atom stereocenters. The van der Waals surface area contributed by atoms with Crippen molar-refractivity contribution in [3.05, 3.63) is 28.0 Å². The minimum atomic E-state index is -4.17. The third-order valence-electron chi connectivity index (χ3n) is 2.24. The number of ether oxygens (including phenoxy) is 2. The van der Waals surface area contributed by atoms with Crippen molar-refractivity contribution >= 4 is 31.9 Å². The van der Waals surface area contributed by atoms with Crippen LogP contribution in [-0.2, 0) is 19.5 Å². The Hall–Kier alpha value is -1.03. The molecule has 1 atom stereocenters. The van der Waals surface area contributed by atoms with Crippen LogP contribution in [0.2, 0.25) is 0 Å². The fourth-order valence-electron chi connectivity index (χ4n) is 1.43. The number of hydrogen-bond donors (Lipinski definition) is 1. The van der Waals surface area contributed by atoms with Gasteiger partial charge in [0.25, 0.3) is 0 Å². The molecule has 1 rings (SSSR count). The highest BCUT2D eigenvalue weighted by Gasteiger charge is 2.23. The molecule has 0 fully saturated rings. The second-order valence-corrected chi connectivity index (χ2v) is 6.30. The van der Waals surface area contributed by atoms with Crippen LogP contribution in [0.5, 0.6) is 0 Å².